The molecule has 3 rings (SSSR count). The first-order valence-corrected chi connectivity index (χ1v) is 9.25. The van der Waals surface area contributed by atoms with Gasteiger partial charge in [0.25, 0.3) is 0 Å². The molecule has 26 heavy (non-hydrogen) atoms. The number of rotatable bonds is 3. The van der Waals surface area contributed by atoms with Crippen LogP contribution >= 0.6 is 0 Å². The van der Waals surface area contributed by atoms with Crippen molar-refractivity contribution >= 4 is 5.90 Å². The summed E-state index contributed by atoms with van der Waals surface area (Å²) >= 11 is 0. The summed E-state index contributed by atoms with van der Waals surface area (Å²) in [5.74, 6) is 4.05. The van der Waals surface area contributed by atoms with E-state index in [1.54, 1.807) is 0 Å². The zero-order chi connectivity index (χ0) is 18.8. The van der Waals surface area contributed by atoms with Gasteiger partial charge < -0.3 is 9.47 Å². The molecule has 6 heteroatoms. The number of nitrogens with one attached hydrogen (secondary N) is 1. The maximum Gasteiger partial charge on any atom is 0.218 e. The minimum absolute atomic E-state index is 0.315. The van der Waals surface area contributed by atoms with E-state index in [1.807, 2.05) is 12.1 Å². The molecule has 4 atom stereocenters. The average molecular weight is 350 g/mol. The fourth-order valence-corrected chi connectivity index (χ4v) is 4.61. The molecule has 0 aromatic rings. The lowest BCUT2D eigenvalue weighted by Gasteiger charge is -2.50. The highest BCUT2D eigenvalue weighted by Crippen LogP contribution is 2.66. The van der Waals surface area contributed by atoms with Crippen LogP contribution in [0.25, 0.3) is 0 Å². The van der Waals surface area contributed by atoms with E-state index in [0.29, 0.717) is 19.3 Å². The largest absolute Gasteiger partial charge is 0.447 e. The summed E-state index contributed by atoms with van der Waals surface area (Å²) in [5.41, 5.74) is -3.49. The molecule has 2 saturated heterocycles. The van der Waals surface area contributed by atoms with Gasteiger partial charge in [0.15, 0.2) is 11.5 Å². The van der Waals surface area contributed by atoms with Gasteiger partial charge in [-0.1, -0.05) is 32.1 Å². The van der Waals surface area contributed by atoms with Gasteiger partial charge >= 0.3 is 0 Å². The van der Waals surface area contributed by atoms with Crippen LogP contribution in [0.3, 0.4) is 0 Å². The van der Waals surface area contributed by atoms with Crippen molar-refractivity contribution in [1.82, 2.24) is 0 Å². The molecule has 0 radical (unpaired) electrons. The third-order valence-electron chi connectivity index (χ3n) is 5.95. The Kier molecular flexibility index (Phi) is 4.66. The summed E-state index contributed by atoms with van der Waals surface area (Å²) in [6, 6.07) is 6.18. The predicted octanol–water partition coefficient (Wildman–Crippen LogP) is 3.41. The van der Waals surface area contributed by atoms with Crippen LogP contribution in [0, 0.1) is 68.0 Å². The SMILES string of the molecule is CCCCCC#CC1OC23CCCCC2C(C#N)(C(=N)O3)C1(C#N)C#N. The Hall–Kier alpha value is -2.54. The highest BCUT2D eigenvalue weighted by atomic mass is 16.7. The summed E-state index contributed by atoms with van der Waals surface area (Å²) in [4.78, 5) is 0. The minimum Gasteiger partial charge on any atom is -0.447 e. The first-order valence-electron chi connectivity index (χ1n) is 9.25. The van der Waals surface area contributed by atoms with E-state index in [4.69, 9.17) is 14.9 Å². The molecule has 1 saturated carbocycles. The number of hydrogen-bond donors (Lipinski definition) is 1. The normalized spacial score (nSPS) is 36.3. The van der Waals surface area contributed by atoms with Crippen LogP contribution in [0.1, 0.15) is 58.3 Å². The van der Waals surface area contributed by atoms with Crippen molar-refractivity contribution in [2.24, 2.45) is 16.7 Å². The van der Waals surface area contributed by atoms with Gasteiger partial charge in [0.1, 0.15) is 0 Å². The molecule has 4 unspecified atom stereocenters. The van der Waals surface area contributed by atoms with Crippen LogP contribution in [0.5, 0.6) is 0 Å². The van der Waals surface area contributed by atoms with Crippen LogP contribution in [0.4, 0.5) is 0 Å². The smallest absolute Gasteiger partial charge is 0.218 e. The van der Waals surface area contributed by atoms with Gasteiger partial charge in [-0.05, 0) is 19.3 Å². The molecule has 3 fully saturated rings. The lowest BCUT2D eigenvalue weighted by molar-refractivity contribution is -0.278. The van der Waals surface area contributed by atoms with Gasteiger partial charge in [-0.2, -0.15) is 15.8 Å². The molecular formula is C20H22N4O2. The summed E-state index contributed by atoms with van der Waals surface area (Å²) in [6.07, 6.45) is 5.52. The van der Waals surface area contributed by atoms with Crippen molar-refractivity contribution in [2.75, 3.05) is 0 Å². The minimum atomic E-state index is -1.86. The van der Waals surface area contributed by atoms with Gasteiger partial charge in [0.05, 0.1) is 24.1 Å². The molecule has 0 amide bonds. The standard InChI is InChI=1S/C20H22N4O2/c1-2-3-4-5-6-10-16-18(12-21,13-22)19(14-23)15-9-7-8-11-20(15,25-16)26-17(19)24/h15-16,24H,2-5,7-9,11H2,1H3. The van der Waals surface area contributed by atoms with Gasteiger partial charge in [-0.3, -0.25) is 5.41 Å². The van der Waals surface area contributed by atoms with Crippen LogP contribution in [-0.2, 0) is 9.47 Å². The van der Waals surface area contributed by atoms with Crippen molar-refractivity contribution in [3.05, 3.63) is 0 Å². The first-order chi connectivity index (χ1) is 12.6. The van der Waals surface area contributed by atoms with Crippen molar-refractivity contribution < 1.29 is 9.47 Å². The second kappa shape index (κ2) is 6.64. The lowest BCUT2D eigenvalue weighted by atomic mass is 9.52. The van der Waals surface area contributed by atoms with Gasteiger partial charge in [0, 0.05) is 12.8 Å². The second-order valence-corrected chi connectivity index (χ2v) is 7.27. The van der Waals surface area contributed by atoms with Gasteiger partial charge in [-0.25, -0.2) is 0 Å². The maximum absolute atomic E-state index is 10.1. The van der Waals surface area contributed by atoms with Crippen molar-refractivity contribution in [3.63, 3.8) is 0 Å². The molecule has 3 aliphatic rings. The van der Waals surface area contributed by atoms with Crippen LogP contribution in [-0.4, -0.2) is 17.8 Å². The molecule has 2 heterocycles. The van der Waals surface area contributed by atoms with Gasteiger partial charge in [0.2, 0.25) is 17.1 Å². The Morgan fingerprint density at radius 3 is 2.58 bits per heavy atom. The molecule has 2 bridgehead atoms. The first kappa shape index (κ1) is 18.3. The maximum atomic E-state index is 10.1. The van der Waals surface area contributed by atoms with E-state index in [9.17, 15) is 15.8 Å². The number of ether oxygens (including phenoxy) is 2. The molecule has 134 valence electrons. The molecule has 1 aliphatic carbocycles. The predicted molar refractivity (Wildman–Crippen MR) is 92.0 cm³/mol. The third-order valence-corrected chi connectivity index (χ3v) is 5.95. The number of nitriles is 3. The van der Waals surface area contributed by atoms with E-state index in [-0.39, 0.29) is 5.90 Å². The van der Waals surface area contributed by atoms with E-state index < -0.39 is 28.6 Å². The summed E-state index contributed by atoms with van der Waals surface area (Å²) in [5, 5.41) is 38.3. The van der Waals surface area contributed by atoms with Crippen LogP contribution in [0.15, 0.2) is 0 Å². The molecule has 0 aromatic heterocycles. The number of nitrogens with zero attached hydrogens (tertiary/aromatic N) is 3. The Labute approximate surface area is 154 Å². The zero-order valence-corrected chi connectivity index (χ0v) is 15.0. The van der Waals surface area contributed by atoms with Crippen LogP contribution in [0.2, 0.25) is 0 Å². The Morgan fingerprint density at radius 1 is 1.15 bits per heavy atom. The Morgan fingerprint density at radius 2 is 1.92 bits per heavy atom. The fourth-order valence-electron chi connectivity index (χ4n) is 4.61. The van der Waals surface area contributed by atoms with E-state index >= 15 is 0 Å². The number of hydrogen-bond acceptors (Lipinski definition) is 6. The average Bonchev–Trinajstić information content (AvgIpc) is 2.87. The van der Waals surface area contributed by atoms with Crippen LogP contribution < -0.4 is 0 Å². The summed E-state index contributed by atoms with van der Waals surface area (Å²) in [7, 11) is 0. The quantitative estimate of drug-likeness (QED) is 0.619. The number of unbranched alkanes of at least 4 members (excludes halogenated alkanes) is 3. The fraction of sp³-hybridized carbons (Fsp3) is 0.700. The highest BCUT2D eigenvalue weighted by molar-refractivity contribution is 5.89. The molecule has 0 spiro atoms. The van der Waals surface area contributed by atoms with E-state index in [0.717, 1.165) is 32.1 Å². The zero-order valence-electron chi connectivity index (χ0n) is 15.0. The van der Waals surface area contributed by atoms with E-state index in [1.165, 1.54) is 0 Å². The van der Waals surface area contributed by atoms with E-state index in [2.05, 4.69) is 24.8 Å². The molecular weight excluding hydrogens is 328 g/mol. The lowest BCUT2D eigenvalue weighted by Crippen LogP contribution is -2.63. The van der Waals surface area contributed by atoms with Crippen molar-refractivity contribution in [1.29, 1.82) is 21.2 Å². The second-order valence-electron chi connectivity index (χ2n) is 7.27. The van der Waals surface area contributed by atoms with Crippen molar-refractivity contribution in [2.45, 2.75) is 70.2 Å². The molecule has 2 aliphatic heterocycles. The Bertz CT molecular complexity index is 776. The highest BCUT2D eigenvalue weighted by Gasteiger charge is 2.80. The summed E-state index contributed by atoms with van der Waals surface area (Å²) < 4.78 is 11.9. The monoisotopic (exact) mass is 350 g/mol. The molecule has 0 aromatic carbocycles. The third kappa shape index (κ3) is 2.16. The van der Waals surface area contributed by atoms with Crippen molar-refractivity contribution in [3.8, 4) is 30.0 Å². The molecule has 6 nitrogen and oxygen atoms in total. The van der Waals surface area contributed by atoms with Gasteiger partial charge in [-0.15, -0.1) is 5.92 Å². The topological polar surface area (TPSA) is 114 Å². The molecule has 1 N–H and O–H groups in total. The Balaban J connectivity index is 2.08. The summed E-state index contributed by atoms with van der Waals surface area (Å²) in [6.45, 7) is 2.10.